The monoisotopic (exact) mass is 169 g/mol. The number of hydrogen-bond acceptors (Lipinski definition) is 2. The van der Waals surface area contributed by atoms with Gasteiger partial charge in [-0.25, -0.2) is 0 Å². The van der Waals surface area contributed by atoms with E-state index in [1.807, 2.05) is 0 Å². The molecule has 2 N–H and O–H groups in total. The summed E-state index contributed by atoms with van der Waals surface area (Å²) >= 11 is 0. The molecule has 0 aliphatic carbocycles. The second-order valence-corrected chi connectivity index (χ2v) is 5.06. The fourth-order valence-corrected chi connectivity index (χ4v) is 1.47. The molecule has 0 bridgehead atoms. The molecule has 1 rings (SSSR count). The molecule has 1 aromatic rings. The molecule has 2 nitrogen and oxygen atoms in total. The Morgan fingerprint density at radius 1 is 1.36 bits per heavy atom. The van der Waals surface area contributed by atoms with Crippen molar-refractivity contribution in [3.05, 3.63) is 24.3 Å². The fourth-order valence-electron chi connectivity index (χ4n) is 0.756. The highest BCUT2D eigenvalue weighted by molar-refractivity contribution is 7.99. The molecule has 0 amide bonds. The van der Waals surface area contributed by atoms with Crippen LogP contribution in [0.3, 0.4) is 0 Å². The summed E-state index contributed by atoms with van der Waals surface area (Å²) in [4.78, 5) is 0.742. The van der Waals surface area contributed by atoms with Crippen molar-refractivity contribution in [2.45, 2.75) is 4.90 Å². The molecular weight excluding hydrogens is 158 g/mol. The van der Waals surface area contributed by atoms with Crippen LogP contribution in [0.25, 0.3) is 0 Å². The van der Waals surface area contributed by atoms with Crippen molar-refractivity contribution < 1.29 is 4.21 Å². The lowest BCUT2D eigenvalue weighted by atomic mass is 10.3. The summed E-state index contributed by atoms with van der Waals surface area (Å²) in [5, 5.41) is 0. The normalized spacial score (nSPS) is 15.7. The van der Waals surface area contributed by atoms with Gasteiger partial charge in [0.15, 0.2) is 0 Å². The van der Waals surface area contributed by atoms with E-state index in [1.165, 1.54) is 0 Å². The van der Waals surface area contributed by atoms with E-state index >= 15 is 0 Å². The quantitative estimate of drug-likeness (QED) is 0.503. The van der Waals surface area contributed by atoms with Gasteiger partial charge in [-0.1, -0.05) is 0 Å². The summed E-state index contributed by atoms with van der Waals surface area (Å²) < 4.78 is 11.3. The molecule has 0 aliphatic rings. The third-order valence-electron chi connectivity index (χ3n) is 1.38. The number of hydrogen-bond donors (Lipinski definition) is 1. The number of nitrogen functional groups attached to an aromatic ring is 1. The van der Waals surface area contributed by atoms with Gasteiger partial charge < -0.3 is 5.73 Å². The molecule has 0 radical (unpaired) electrons. The first-order chi connectivity index (χ1) is 5.00. The first-order valence-corrected chi connectivity index (χ1v) is 5.31. The van der Waals surface area contributed by atoms with Gasteiger partial charge in [-0.05, 0) is 39.7 Å². The molecule has 0 heterocycles. The minimum atomic E-state index is -2.08. The second kappa shape index (κ2) is 2.58. The van der Waals surface area contributed by atoms with Gasteiger partial charge in [-0.3, -0.25) is 4.21 Å². The molecule has 0 aliphatic heterocycles. The number of benzene rings is 1. The van der Waals surface area contributed by atoms with Crippen LogP contribution in [0.1, 0.15) is 0 Å². The Labute approximate surface area is 67.0 Å². The largest absolute Gasteiger partial charge is 0.399 e. The fraction of sp³-hybridized carbons (Fsp3) is 0.125. The van der Waals surface area contributed by atoms with Crippen LogP contribution in [-0.2, 0) is 9.52 Å². The van der Waals surface area contributed by atoms with E-state index in [2.05, 4.69) is 5.87 Å². The predicted molar refractivity (Wildman–Crippen MR) is 50.3 cm³/mol. The molecule has 0 saturated heterocycles. The van der Waals surface area contributed by atoms with Gasteiger partial charge in [0.1, 0.15) is 0 Å². The Morgan fingerprint density at radius 3 is 2.18 bits per heavy atom. The summed E-state index contributed by atoms with van der Waals surface area (Å²) in [5.41, 5.74) is 6.13. The van der Waals surface area contributed by atoms with E-state index in [9.17, 15) is 4.21 Å². The SMILES string of the molecule is C=S(C)(=O)c1ccc(N)cc1. The van der Waals surface area contributed by atoms with Gasteiger partial charge in [-0.15, -0.1) is 0 Å². The summed E-state index contributed by atoms with van der Waals surface area (Å²) in [6.07, 6.45) is 1.61. The zero-order valence-corrected chi connectivity index (χ0v) is 7.23. The van der Waals surface area contributed by atoms with Crippen molar-refractivity contribution in [1.82, 2.24) is 0 Å². The van der Waals surface area contributed by atoms with Crippen LogP contribution in [-0.4, -0.2) is 16.3 Å². The van der Waals surface area contributed by atoms with Crippen molar-refractivity contribution in [2.75, 3.05) is 12.0 Å². The van der Waals surface area contributed by atoms with Gasteiger partial charge in [0.2, 0.25) is 0 Å². The molecule has 60 valence electrons. The smallest absolute Gasteiger partial charge is 0.0314 e. The maximum Gasteiger partial charge on any atom is 0.0314 e. The van der Waals surface area contributed by atoms with Crippen molar-refractivity contribution in [2.24, 2.45) is 0 Å². The molecule has 1 aromatic carbocycles. The van der Waals surface area contributed by atoms with Crippen molar-refractivity contribution in [1.29, 1.82) is 0 Å². The molecule has 0 aromatic heterocycles. The minimum absolute atomic E-state index is 0.678. The van der Waals surface area contributed by atoms with Crippen LogP contribution in [0.4, 0.5) is 5.69 Å². The number of nitrogens with two attached hydrogens (primary N) is 1. The molecule has 1 atom stereocenters. The maximum absolute atomic E-state index is 11.3. The van der Waals surface area contributed by atoms with Crippen LogP contribution < -0.4 is 5.73 Å². The molecule has 3 heteroatoms. The van der Waals surface area contributed by atoms with Gasteiger partial charge in [0, 0.05) is 16.8 Å². The summed E-state index contributed by atoms with van der Waals surface area (Å²) in [5.74, 6) is 3.56. The maximum atomic E-state index is 11.3. The van der Waals surface area contributed by atoms with E-state index in [1.54, 1.807) is 30.5 Å². The molecule has 0 spiro atoms. The second-order valence-electron chi connectivity index (χ2n) is 2.57. The molecule has 0 saturated carbocycles. The minimum Gasteiger partial charge on any atom is -0.399 e. The Morgan fingerprint density at radius 2 is 1.82 bits per heavy atom. The van der Waals surface area contributed by atoms with Crippen LogP contribution in [0.5, 0.6) is 0 Å². The Bertz CT molecular complexity index is 337. The zero-order valence-electron chi connectivity index (χ0n) is 6.41. The van der Waals surface area contributed by atoms with E-state index in [0.717, 1.165) is 4.90 Å². The average molecular weight is 169 g/mol. The van der Waals surface area contributed by atoms with Crippen molar-refractivity contribution >= 4 is 21.1 Å². The molecule has 1 unspecified atom stereocenters. The standard InChI is InChI=1S/C8H11NOS/c1-11(2,10)8-5-3-7(9)4-6-8/h3-6H,1,9H2,2H3. The number of rotatable bonds is 1. The van der Waals surface area contributed by atoms with Gasteiger partial charge >= 0.3 is 0 Å². The van der Waals surface area contributed by atoms with Crippen molar-refractivity contribution in [3.8, 4) is 0 Å². The lowest BCUT2D eigenvalue weighted by Gasteiger charge is -2.01. The van der Waals surface area contributed by atoms with E-state index < -0.39 is 9.52 Å². The van der Waals surface area contributed by atoms with Gasteiger partial charge in [-0.2, -0.15) is 0 Å². The van der Waals surface area contributed by atoms with Crippen LogP contribution in [0, 0.1) is 0 Å². The molecule has 0 fully saturated rings. The summed E-state index contributed by atoms with van der Waals surface area (Å²) in [7, 11) is -2.08. The van der Waals surface area contributed by atoms with Crippen LogP contribution in [0.15, 0.2) is 29.2 Å². The highest BCUT2D eigenvalue weighted by atomic mass is 32.2. The first-order valence-electron chi connectivity index (χ1n) is 3.18. The summed E-state index contributed by atoms with van der Waals surface area (Å²) in [6.45, 7) is 0. The highest BCUT2D eigenvalue weighted by Crippen LogP contribution is 2.10. The molecular formula is C8H11NOS. The van der Waals surface area contributed by atoms with Crippen LogP contribution in [0.2, 0.25) is 0 Å². The Kier molecular flexibility index (Phi) is 1.91. The van der Waals surface area contributed by atoms with E-state index in [4.69, 9.17) is 5.73 Å². The Hall–Kier alpha value is -0.960. The lowest BCUT2D eigenvalue weighted by Crippen LogP contribution is -1.96. The Balaban J connectivity index is 3.20. The van der Waals surface area contributed by atoms with Gasteiger partial charge in [0.05, 0.1) is 0 Å². The van der Waals surface area contributed by atoms with Gasteiger partial charge in [0.25, 0.3) is 0 Å². The van der Waals surface area contributed by atoms with Crippen molar-refractivity contribution in [3.63, 3.8) is 0 Å². The van der Waals surface area contributed by atoms with E-state index in [0.29, 0.717) is 5.69 Å². The van der Waals surface area contributed by atoms with E-state index in [-0.39, 0.29) is 0 Å². The highest BCUT2D eigenvalue weighted by Gasteiger charge is 1.98. The molecule has 11 heavy (non-hydrogen) atoms. The van der Waals surface area contributed by atoms with Crippen LogP contribution >= 0.6 is 0 Å². The first kappa shape index (κ1) is 8.14. The third kappa shape index (κ3) is 1.98. The predicted octanol–water partition coefficient (Wildman–Crippen LogP) is 0.974. The third-order valence-corrected chi connectivity index (χ3v) is 2.65. The zero-order chi connectivity index (χ0) is 8.48. The lowest BCUT2D eigenvalue weighted by molar-refractivity contribution is 0.685. The topological polar surface area (TPSA) is 43.1 Å². The summed E-state index contributed by atoms with van der Waals surface area (Å²) in [6, 6.07) is 6.93. The number of anilines is 1. The average Bonchev–Trinajstić information content (AvgIpc) is 1.86.